The van der Waals surface area contributed by atoms with Gasteiger partial charge in [0.05, 0.1) is 11.8 Å². The number of nitrogens with zero attached hydrogens (tertiary/aromatic N) is 1. The largest absolute Gasteiger partial charge is 0.495 e. The first-order valence-corrected chi connectivity index (χ1v) is 5.26. The van der Waals surface area contributed by atoms with E-state index in [-0.39, 0.29) is 0 Å². The number of halogens is 1. The second kappa shape index (κ2) is 3.18. The predicted molar refractivity (Wildman–Crippen MR) is 58.9 cm³/mol. The van der Waals surface area contributed by atoms with Crippen molar-refractivity contribution < 1.29 is 4.74 Å². The molecule has 12 heavy (non-hydrogen) atoms. The summed E-state index contributed by atoms with van der Waals surface area (Å²) in [4.78, 5) is 0. The van der Waals surface area contributed by atoms with Crippen LogP contribution in [0.15, 0.2) is 18.2 Å². The number of benzene rings is 1. The first-order valence-electron chi connectivity index (χ1n) is 3.41. The van der Waals surface area contributed by atoms with Crippen LogP contribution in [-0.4, -0.2) is 11.5 Å². The molecular formula is C8H6INOS. The molecule has 0 radical (unpaired) electrons. The van der Waals surface area contributed by atoms with Gasteiger partial charge in [0.25, 0.3) is 0 Å². The van der Waals surface area contributed by atoms with Crippen molar-refractivity contribution in [2.75, 3.05) is 7.11 Å². The molecule has 4 heteroatoms. The van der Waals surface area contributed by atoms with E-state index in [1.165, 1.54) is 16.9 Å². The normalized spacial score (nSPS) is 10.5. The van der Waals surface area contributed by atoms with Crippen molar-refractivity contribution in [1.29, 1.82) is 0 Å². The molecule has 0 atom stereocenters. The number of hydrogen-bond acceptors (Lipinski definition) is 3. The van der Waals surface area contributed by atoms with Crippen molar-refractivity contribution in [3.05, 3.63) is 21.9 Å². The second-order valence-corrected chi connectivity index (χ2v) is 4.11. The van der Waals surface area contributed by atoms with Crippen LogP contribution in [0.4, 0.5) is 0 Å². The highest BCUT2D eigenvalue weighted by molar-refractivity contribution is 14.1. The van der Waals surface area contributed by atoms with Gasteiger partial charge in [0.15, 0.2) is 0 Å². The van der Waals surface area contributed by atoms with E-state index in [1.54, 1.807) is 7.11 Å². The molecule has 0 amide bonds. The zero-order chi connectivity index (χ0) is 8.55. The van der Waals surface area contributed by atoms with Crippen LogP contribution >= 0.6 is 34.1 Å². The van der Waals surface area contributed by atoms with Crippen LogP contribution in [0.1, 0.15) is 0 Å². The molecule has 0 saturated carbocycles. The van der Waals surface area contributed by atoms with E-state index < -0.39 is 0 Å². The van der Waals surface area contributed by atoms with Crippen LogP contribution < -0.4 is 4.74 Å². The van der Waals surface area contributed by atoms with Gasteiger partial charge in [-0.05, 0) is 40.2 Å². The summed E-state index contributed by atoms with van der Waals surface area (Å²) in [7, 11) is 1.68. The van der Waals surface area contributed by atoms with Crippen LogP contribution in [0.3, 0.4) is 0 Å². The average molecular weight is 291 g/mol. The highest BCUT2D eigenvalue weighted by atomic mass is 127. The maximum Gasteiger partial charge on any atom is 0.138 e. The quantitative estimate of drug-likeness (QED) is 0.754. The molecule has 0 bridgehead atoms. The van der Waals surface area contributed by atoms with E-state index in [1.807, 2.05) is 12.1 Å². The summed E-state index contributed by atoms with van der Waals surface area (Å²) in [6.07, 6.45) is 0. The zero-order valence-corrected chi connectivity index (χ0v) is 9.35. The van der Waals surface area contributed by atoms with Gasteiger partial charge in [-0.15, -0.1) is 0 Å². The van der Waals surface area contributed by atoms with Gasteiger partial charge in [0, 0.05) is 5.39 Å². The van der Waals surface area contributed by atoms with E-state index in [4.69, 9.17) is 4.74 Å². The lowest BCUT2D eigenvalue weighted by Crippen LogP contribution is -1.81. The molecule has 1 aromatic carbocycles. The van der Waals surface area contributed by atoms with Gasteiger partial charge in [-0.3, -0.25) is 0 Å². The third-order valence-electron chi connectivity index (χ3n) is 1.64. The fraction of sp³-hybridized carbons (Fsp3) is 0.125. The maximum absolute atomic E-state index is 5.21. The van der Waals surface area contributed by atoms with E-state index >= 15 is 0 Å². The Kier molecular flexibility index (Phi) is 2.18. The molecule has 2 rings (SSSR count). The molecule has 0 spiro atoms. The molecular weight excluding hydrogens is 285 g/mol. The Labute approximate surface area is 87.9 Å². The van der Waals surface area contributed by atoms with Gasteiger partial charge >= 0.3 is 0 Å². The minimum atomic E-state index is 0.910. The molecule has 1 aromatic heterocycles. The van der Waals surface area contributed by atoms with E-state index in [9.17, 15) is 0 Å². The predicted octanol–water partition coefficient (Wildman–Crippen LogP) is 2.91. The summed E-state index contributed by atoms with van der Waals surface area (Å²) in [6, 6.07) is 6.00. The molecule has 0 saturated heterocycles. The third kappa shape index (κ3) is 1.19. The highest BCUT2D eigenvalue weighted by Gasteiger charge is 2.06. The summed E-state index contributed by atoms with van der Waals surface area (Å²) in [5, 5.41) is 1.18. The lowest BCUT2D eigenvalue weighted by Gasteiger charge is -1.98. The number of aromatic nitrogens is 1. The zero-order valence-electron chi connectivity index (χ0n) is 6.37. The first-order chi connectivity index (χ1) is 5.83. The van der Waals surface area contributed by atoms with Crippen LogP contribution in [0.25, 0.3) is 10.1 Å². The van der Waals surface area contributed by atoms with Gasteiger partial charge in [-0.25, -0.2) is 0 Å². The van der Waals surface area contributed by atoms with Crippen molar-refractivity contribution in [3.8, 4) is 5.75 Å². The molecule has 62 valence electrons. The van der Waals surface area contributed by atoms with Gasteiger partial charge in [0.2, 0.25) is 0 Å². The first kappa shape index (κ1) is 8.25. The van der Waals surface area contributed by atoms with E-state index in [0.717, 1.165) is 14.2 Å². The Hall–Kier alpha value is -0.360. The molecule has 0 unspecified atom stereocenters. The van der Waals surface area contributed by atoms with Crippen molar-refractivity contribution >= 4 is 44.2 Å². The van der Waals surface area contributed by atoms with Crippen molar-refractivity contribution in [2.45, 2.75) is 0 Å². The van der Waals surface area contributed by atoms with Gasteiger partial charge in [0.1, 0.15) is 9.45 Å². The van der Waals surface area contributed by atoms with Crippen LogP contribution in [0.2, 0.25) is 0 Å². The van der Waals surface area contributed by atoms with E-state index in [0.29, 0.717) is 0 Å². The minimum absolute atomic E-state index is 0.910. The van der Waals surface area contributed by atoms with Crippen molar-refractivity contribution in [1.82, 2.24) is 4.37 Å². The molecule has 2 aromatic rings. The molecule has 0 fully saturated rings. The Bertz CT molecular complexity index is 412. The Morgan fingerprint density at radius 1 is 1.50 bits per heavy atom. The summed E-state index contributed by atoms with van der Waals surface area (Å²) in [6.45, 7) is 0. The monoisotopic (exact) mass is 291 g/mol. The van der Waals surface area contributed by atoms with Gasteiger partial charge in [-0.2, -0.15) is 4.37 Å². The lowest BCUT2D eigenvalue weighted by molar-refractivity contribution is 0.420. The molecule has 0 aliphatic heterocycles. The van der Waals surface area contributed by atoms with Gasteiger partial charge in [-0.1, -0.05) is 12.1 Å². The average Bonchev–Trinajstić information content (AvgIpc) is 2.48. The minimum Gasteiger partial charge on any atom is -0.495 e. The SMILES string of the molecule is COc1cccc2c(I)nsc12. The molecule has 2 nitrogen and oxygen atoms in total. The smallest absolute Gasteiger partial charge is 0.138 e. The Morgan fingerprint density at radius 3 is 3.08 bits per heavy atom. The number of fused-ring (bicyclic) bond motifs is 1. The second-order valence-electron chi connectivity index (χ2n) is 2.31. The van der Waals surface area contributed by atoms with Crippen LogP contribution in [-0.2, 0) is 0 Å². The molecule has 0 N–H and O–H groups in total. The number of methoxy groups -OCH3 is 1. The summed E-state index contributed by atoms with van der Waals surface area (Å²) < 4.78 is 11.6. The van der Waals surface area contributed by atoms with Gasteiger partial charge < -0.3 is 4.74 Å². The lowest BCUT2D eigenvalue weighted by atomic mass is 10.3. The molecule has 0 aliphatic rings. The summed E-state index contributed by atoms with van der Waals surface area (Å²) >= 11 is 3.71. The third-order valence-corrected chi connectivity index (χ3v) is 3.67. The topological polar surface area (TPSA) is 22.1 Å². The van der Waals surface area contributed by atoms with Crippen molar-refractivity contribution in [3.63, 3.8) is 0 Å². The van der Waals surface area contributed by atoms with Crippen molar-refractivity contribution in [2.24, 2.45) is 0 Å². The Balaban J connectivity index is 2.81. The van der Waals surface area contributed by atoms with E-state index in [2.05, 4.69) is 33.0 Å². The van der Waals surface area contributed by atoms with Crippen LogP contribution in [0, 0.1) is 3.70 Å². The summed E-state index contributed by atoms with van der Waals surface area (Å²) in [5.74, 6) is 0.910. The number of rotatable bonds is 1. The molecule has 1 heterocycles. The maximum atomic E-state index is 5.21. The standard InChI is InChI=1S/C8H6INOS/c1-11-6-4-2-3-5-7(6)12-10-8(5)9/h2-4H,1H3. The molecule has 0 aliphatic carbocycles. The number of hydrogen-bond donors (Lipinski definition) is 0. The number of ether oxygens (including phenoxy) is 1. The fourth-order valence-electron chi connectivity index (χ4n) is 1.07. The Morgan fingerprint density at radius 2 is 2.33 bits per heavy atom. The fourth-order valence-corrected chi connectivity index (χ4v) is 2.77. The highest BCUT2D eigenvalue weighted by Crippen LogP contribution is 2.31. The summed E-state index contributed by atoms with van der Waals surface area (Å²) in [5.41, 5.74) is 0. The van der Waals surface area contributed by atoms with Crippen LogP contribution in [0.5, 0.6) is 5.75 Å².